The summed E-state index contributed by atoms with van der Waals surface area (Å²) < 4.78 is 13.1. The van der Waals surface area contributed by atoms with E-state index in [2.05, 4.69) is 12.4 Å². The Morgan fingerprint density at radius 2 is 2.07 bits per heavy atom. The number of aliphatic hydroxyl groups is 1. The number of likely N-dealkylation sites (tertiary alicyclic amines) is 1. The summed E-state index contributed by atoms with van der Waals surface area (Å²) in [7, 11) is 3.88. The largest absolute Gasteiger partial charge is 0.477 e. The zero-order chi connectivity index (χ0) is 29.9. The van der Waals surface area contributed by atoms with Crippen molar-refractivity contribution in [1.82, 2.24) is 10.2 Å². The molecule has 3 aliphatic carbocycles. The molecule has 11 nitrogen and oxygen atoms in total. The lowest BCUT2D eigenvalue weighted by Gasteiger charge is -2.64. The van der Waals surface area contributed by atoms with E-state index in [-0.39, 0.29) is 43.0 Å². The number of amides is 2. The van der Waals surface area contributed by atoms with Gasteiger partial charge in [-0.15, -0.1) is 0 Å². The highest BCUT2D eigenvalue weighted by Gasteiger charge is 2.76. The van der Waals surface area contributed by atoms with E-state index >= 15 is 0 Å². The van der Waals surface area contributed by atoms with Gasteiger partial charge in [0, 0.05) is 50.9 Å². The van der Waals surface area contributed by atoms with Crippen LogP contribution in [0.15, 0.2) is 12.1 Å². The number of ketones is 1. The highest BCUT2D eigenvalue weighted by atomic mass is 16.6. The van der Waals surface area contributed by atoms with Gasteiger partial charge in [-0.25, -0.2) is 4.79 Å². The zero-order valence-electron chi connectivity index (χ0n) is 24.9. The standard InChI is InChI=1S/C31H45N5O6/c1-35(15-14-34-28(38)21(33)5-3-4-13-32)29(39)41-23-9-8-20-17-24-31(40)11-10-22(37)27-30(31,25(20)26(23)42-27)12-16-36(24,2)18-19-6-7-19/h8-9,19,21,24,27,40H,3-7,10-18,32-33H2,1-2H3/p+1/t21-,24?,27-,30-,31+,36-/m0/s1. The van der Waals surface area contributed by atoms with Crippen molar-refractivity contribution in [2.75, 3.05) is 46.8 Å². The Morgan fingerprint density at radius 1 is 1.29 bits per heavy atom. The van der Waals surface area contributed by atoms with Crippen molar-refractivity contribution in [3.8, 4) is 11.5 Å². The first-order chi connectivity index (χ1) is 20.0. The van der Waals surface area contributed by atoms with Crippen LogP contribution in [0, 0.1) is 5.92 Å². The van der Waals surface area contributed by atoms with E-state index in [0.29, 0.717) is 38.0 Å². The summed E-state index contributed by atoms with van der Waals surface area (Å²) >= 11 is 0. The van der Waals surface area contributed by atoms with Gasteiger partial charge in [-0.05, 0) is 50.3 Å². The van der Waals surface area contributed by atoms with Crippen molar-refractivity contribution in [1.29, 1.82) is 0 Å². The topological polar surface area (TPSA) is 157 Å². The number of carbonyl (C=O) groups excluding carboxylic acids is 3. The summed E-state index contributed by atoms with van der Waals surface area (Å²) in [4.78, 5) is 40.1. The van der Waals surface area contributed by atoms with E-state index in [1.54, 1.807) is 13.1 Å². The van der Waals surface area contributed by atoms with Crippen LogP contribution < -0.4 is 26.3 Å². The van der Waals surface area contributed by atoms with Crippen LogP contribution >= 0.6 is 0 Å². The average Bonchev–Trinajstić information content (AvgIpc) is 3.69. The van der Waals surface area contributed by atoms with Crippen molar-refractivity contribution >= 4 is 17.8 Å². The fourth-order valence-electron chi connectivity index (χ4n) is 8.39. The monoisotopic (exact) mass is 584 g/mol. The molecule has 5 aliphatic rings. The van der Waals surface area contributed by atoms with Gasteiger partial charge in [-0.3, -0.25) is 9.59 Å². The number of likely N-dealkylation sites (N-methyl/N-ethyl adjacent to an activating group) is 2. The molecular weight excluding hydrogens is 538 g/mol. The zero-order valence-corrected chi connectivity index (χ0v) is 24.9. The van der Waals surface area contributed by atoms with Crippen LogP contribution in [0.1, 0.15) is 62.5 Å². The van der Waals surface area contributed by atoms with Gasteiger partial charge in [0.25, 0.3) is 0 Å². The molecule has 6 rings (SSSR count). The quantitative estimate of drug-likeness (QED) is 0.221. The highest BCUT2D eigenvalue weighted by Crippen LogP contribution is 2.66. The van der Waals surface area contributed by atoms with Crippen molar-refractivity contribution < 1.29 is 33.4 Å². The first-order valence-corrected chi connectivity index (χ1v) is 15.6. The molecule has 2 amide bonds. The van der Waals surface area contributed by atoms with E-state index in [4.69, 9.17) is 20.9 Å². The maximum Gasteiger partial charge on any atom is 0.415 e. The number of nitrogens with two attached hydrogens (primary N) is 2. The molecule has 2 heterocycles. The lowest BCUT2D eigenvalue weighted by molar-refractivity contribution is -0.950. The molecule has 42 heavy (non-hydrogen) atoms. The Labute approximate surface area is 247 Å². The van der Waals surface area contributed by atoms with E-state index in [0.717, 1.165) is 47.5 Å². The van der Waals surface area contributed by atoms with Crippen molar-refractivity contribution in [2.24, 2.45) is 17.4 Å². The molecule has 1 aromatic carbocycles. The minimum Gasteiger partial charge on any atom is -0.477 e. The second-order valence-electron chi connectivity index (χ2n) is 13.6. The van der Waals surface area contributed by atoms with Gasteiger partial charge < -0.3 is 40.7 Å². The highest BCUT2D eigenvalue weighted by molar-refractivity contribution is 5.90. The SMILES string of the molecule is CN(CCNC(=O)[C@@H](N)CCCCN)C(=O)Oc1ccc2c3c1O[C@H]1C(=O)CC[C@@]4(O)C(C2)[N@+](C)(CC2CC2)CC[C@]314. The van der Waals surface area contributed by atoms with Gasteiger partial charge in [0.05, 0.1) is 31.6 Å². The predicted octanol–water partition coefficient (Wildman–Crippen LogP) is 0.968. The summed E-state index contributed by atoms with van der Waals surface area (Å²) in [6, 6.07) is 3.12. The Hall–Kier alpha value is -2.73. The second-order valence-corrected chi connectivity index (χ2v) is 13.6. The molecule has 6 N–H and O–H groups in total. The molecule has 1 unspecified atom stereocenters. The minimum absolute atomic E-state index is 0.00646. The third-order valence-corrected chi connectivity index (χ3v) is 10.8. The molecule has 6 atom stereocenters. The van der Waals surface area contributed by atoms with Crippen LogP contribution in [0.3, 0.4) is 0 Å². The summed E-state index contributed by atoms with van der Waals surface area (Å²) in [5, 5.41) is 15.4. The molecule has 0 radical (unpaired) electrons. The number of hydrogen-bond donors (Lipinski definition) is 4. The maximum absolute atomic E-state index is 13.3. The minimum atomic E-state index is -1.06. The molecule has 0 aromatic heterocycles. The van der Waals surface area contributed by atoms with Gasteiger partial charge >= 0.3 is 6.09 Å². The Bertz CT molecular complexity index is 1270. The molecule has 11 heteroatoms. The number of hydrogen-bond acceptors (Lipinski definition) is 8. The molecule has 3 fully saturated rings. The molecule has 2 saturated carbocycles. The molecular formula is C31H46N5O6+. The number of rotatable bonds is 11. The Balaban J connectivity index is 1.19. The number of benzene rings is 1. The summed E-state index contributed by atoms with van der Waals surface area (Å²) in [6.07, 6.45) is 5.38. The van der Waals surface area contributed by atoms with Crippen LogP contribution in [0.5, 0.6) is 11.5 Å². The van der Waals surface area contributed by atoms with Gasteiger partial charge in [0.2, 0.25) is 5.91 Å². The predicted molar refractivity (Wildman–Crippen MR) is 155 cm³/mol. The molecule has 1 spiro atoms. The first-order valence-electron chi connectivity index (χ1n) is 15.6. The van der Waals surface area contributed by atoms with Crippen molar-refractivity contribution in [2.45, 2.75) is 87.0 Å². The summed E-state index contributed by atoms with van der Waals surface area (Å²) in [5.41, 5.74) is 11.5. The normalized spacial score (nSPS) is 32.9. The smallest absolute Gasteiger partial charge is 0.415 e. The third-order valence-electron chi connectivity index (χ3n) is 10.8. The van der Waals surface area contributed by atoms with Crippen molar-refractivity contribution in [3.63, 3.8) is 0 Å². The van der Waals surface area contributed by atoms with Gasteiger partial charge in [-0.2, -0.15) is 0 Å². The number of nitrogens with zero attached hydrogens (tertiary/aromatic N) is 2. The second kappa shape index (κ2) is 10.8. The van der Waals surface area contributed by atoms with Crippen LogP contribution in [0.2, 0.25) is 0 Å². The molecule has 2 bridgehead atoms. The van der Waals surface area contributed by atoms with E-state index in [1.165, 1.54) is 17.7 Å². The number of Topliss-reactive ketones (excluding diaryl/α,β-unsaturated/α-hetero) is 1. The first kappa shape index (κ1) is 29.3. The number of unbranched alkanes of at least 4 members (excludes halogenated alkanes) is 1. The van der Waals surface area contributed by atoms with Gasteiger partial charge in [0.15, 0.2) is 23.4 Å². The number of piperidine rings is 1. The van der Waals surface area contributed by atoms with E-state index in [1.807, 2.05) is 6.07 Å². The van der Waals surface area contributed by atoms with Crippen molar-refractivity contribution in [3.05, 3.63) is 23.3 Å². The van der Waals surface area contributed by atoms with E-state index < -0.39 is 29.3 Å². The molecule has 230 valence electrons. The van der Waals surface area contributed by atoms with Crippen LogP contribution in [0.25, 0.3) is 0 Å². The van der Waals surface area contributed by atoms with Gasteiger partial charge in [-0.1, -0.05) is 12.5 Å². The van der Waals surface area contributed by atoms with Crippen LogP contribution in [-0.4, -0.2) is 103 Å². The third kappa shape index (κ3) is 4.60. The Kier molecular flexibility index (Phi) is 7.52. The Morgan fingerprint density at radius 3 is 2.81 bits per heavy atom. The van der Waals surface area contributed by atoms with Crippen LogP contribution in [-0.2, 0) is 21.4 Å². The van der Waals surface area contributed by atoms with Gasteiger partial charge in [0.1, 0.15) is 11.6 Å². The lowest BCUT2D eigenvalue weighted by Crippen LogP contribution is -2.80. The number of carbonyl (C=O) groups is 3. The molecule has 1 aromatic rings. The fraction of sp³-hybridized carbons (Fsp3) is 0.710. The number of ether oxygens (including phenoxy) is 2. The maximum atomic E-state index is 13.3. The lowest BCUT2D eigenvalue weighted by atomic mass is 9.48. The fourth-order valence-corrected chi connectivity index (χ4v) is 8.39. The molecule has 2 aliphatic heterocycles. The van der Waals surface area contributed by atoms with E-state index in [9.17, 15) is 19.5 Å². The molecule has 1 saturated heterocycles. The number of nitrogens with one attached hydrogen (secondary N) is 1. The average molecular weight is 585 g/mol. The summed E-state index contributed by atoms with van der Waals surface area (Å²) in [6.45, 7) is 2.97. The van der Waals surface area contributed by atoms with Crippen LogP contribution in [0.4, 0.5) is 4.79 Å². The summed E-state index contributed by atoms with van der Waals surface area (Å²) in [5.74, 6) is 1.14. The number of quaternary nitrogens is 1.